The van der Waals surface area contributed by atoms with Crippen molar-refractivity contribution in [2.75, 3.05) is 13.1 Å². The van der Waals surface area contributed by atoms with Crippen molar-refractivity contribution >= 4 is 0 Å². The molecule has 0 radical (unpaired) electrons. The highest BCUT2D eigenvalue weighted by molar-refractivity contribution is 4.89. The maximum absolute atomic E-state index is 2.62. The highest BCUT2D eigenvalue weighted by Gasteiger charge is 2.29. The molecule has 0 unspecified atom stereocenters. The molecule has 1 heterocycles. The summed E-state index contributed by atoms with van der Waals surface area (Å²) in [6.07, 6.45) is 7.28. The second-order valence-electron chi connectivity index (χ2n) is 5.10. The average molecular weight is 195 g/mol. The zero-order chi connectivity index (χ0) is 10.6. The van der Waals surface area contributed by atoms with E-state index >= 15 is 0 Å². The molecule has 0 aromatic heterocycles. The molecule has 82 valence electrons. The first-order valence-corrected chi connectivity index (χ1v) is 6.02. The van der Waals surface area contributed by atoms with Gasteiger partial charge in [-0.15, -0.1) is 0 Å². The lowest BCUT2D eigenvalue weighted by Gasteiger charge is -2.43. The van der Waals surface area contributed by atoms with Gasteiger partial charge < -0.3 is 0 Å². The van der Waals surface area contributed by atoms with E-state index < -0.39 is 0 Å². The van der Waals surface area contributed by atoms with Gasteiger partial charge >= 0.3 is 0 Å². The molecule has 0 N–H and O–H groups in total. The Labute approximate surface area is 89.2 Å². The first-order valence-electron chi connectivity index (χ1n) is 6.02. The fraction of sp³-hybridized carbons (Fsp3) is 0.846. The van der Waals surface area contributed by atoms with Gasteiger partial charge in [0.1, 0.15) is 0 Å². The molecule has 0 spiro atoms. The Morgan fingerprint density at radius 3 is 2.43 bits per heavy atom. The van der Waals surface area contributed by atoms with Crippen LogP contribution in [0.5, 0.6) is 0 Å². The second-order valence-corrected chi connectivity index (χ2v) is 5.10. The Balaban J connectivity index is 2.13. The minimum absolute atomic E-state index is 0.701. The van der Waals surface area contributed by atoms with Crippen LogP contribution in [0.15, 0.2) is 12.2 Å². The number of nitrogens with zero attached hydrogens (tertiary/aromatic N) is 1. The number of likely N-dealkylation sites (tertiary alicyclic amines) is 1. The molecule has 0 aromatic rings. The molecule has 14 heavy (non-hydrogen) atoms. The van der Waals surface area contributed by atoms with Crippen molar-refractivity contribution in [2.24, 2.45) is 11.8 Å². The van der Waals surface area contributed by atoms with Crippen LogP contribution >= 0.6 is 0 Å². The number of rotatable bonds is 5. The standard InChI is InChI=1S/C13H25N/c1-11(2)7-5-6-9-14-10-8-13(14)12(3)4/h5,7,11-13H,6,8-10H2,1-4H3/b7-5+/t13-/m1/s1. The predicted octanol–water partition coefficient (Wildman–Crippen LogP) is 3.32. The summed E-state index contributed by atoms with van der Waals surface area (Å²) in [7, 11) is 0. The van der Waals surface area contributed by atoms with Gasteiger partial charge in [0.05, 0.1) is 0 Å². The summed E-state index contributed by atoms with van der Waals surface area (Å²) in [5, 5.41) is 0. The summed E-state index contributed by atoms with van der Waals surface area (Å²) in [4.78, 5) is 2.62. The van der Waals surface area contributed by atoms with E-state index in [9.17, 15) is 0 Å². The van der Waals surface area contributed by atoms with Crippen LogP contribution < -0.4 is 0 Å². The van der Waals surface area contributed by atoms with Gasteiger partial charge in [0.2, 0.25) is 0 Å². The van der Waals surface area contributed by atoms with Crippen LogP contribution in [-0.2, 0) is 0 Å². The third-order valence-corrected chi connectivity index (χ3v) is 3.05. The van der Waals surface area contributed by atoms with Crippen molar-refractivity contribution < 1.29 is 0 Å². The normalized spacial score (nSPS) is 23.7. The second kappa shape index (κ2) is 5.55. The lowest BCUT2D eigenvalue weighted by atomic mass is 9.92. The van der Waals surface area contributed by atoms with Gasteiger partial charge in [0.25, 0.3) is 0 Å². The summed E-state index contributed by atoms with van der Waals surface area (Å²) in [5.41, 5.74) is 0. The van der Waals surface area contributed by atoms with E-state index in [1.54, 1.807) is 0 Å². The minimum Gasteiger partial charge on any atom is -0.300 e. The fourth-order valence-electron chi connectivity index (χ4n) is 2.10. The molecule has 0 amide bonds. The Bertz CT molecular complexity index is 182. The van der Waals surface area contributed by atoms with Crippen molar-refractivity contribution in [3.05, 3.63) is 12.2 Å². The molecular weight excluding hydrogens is 170 g/mol. The SMILES string of the molecule is CC(C)/C=C/CCN1CC[C@@H]1C(C)C. The maximum atomic E-state index is 2.62. The zero-order valence-corrected chi connectivity index (χ0v) is 10.2. The molecule has 1 saturated heterocycles. The van der Waals surface area contributed by atoms with Gasteiger partial charge in [-0.25, -0.2) is 0 Å². The molecule has 1 rings (SSSR count). The molecule has 1 aliphatic heterocycles. The van der Waals surface area contributed by atoms with E-state index in [1.165, 1.54) is 25.9 Å². The number of allylic oxidation sites excluding steroid dienone is 1. The number of hydrogen-bond donors (Lipinski definition) is 0. The Hall–Kier alpha value is -0.300. The predicted molar refractivity (Wildman–Crippen MR) is 63.4 cm³/mol. The van der Waals surface area contributed by atoms with Gasteiger partial charge in [-0.3, -0.25) is 4.90 Å². The Morgan fingerprint density at radius 2 is 2.00 bits per heavy atom. The van der Waals surface area contributed by atoms with Crippen molar-refractivity contribution in [1.29, 1.82) is 0 Å². The molecular formula is C13H25N. The molecule has 0 aliphatic carbocycles. The van der Waals surface area contributed by atoms with Gasteiger partial charge in [-0.1, -0.05) is 39.8 Å². The first-order chi connectivity index (χ1) is 6.61. The third kappa shape index (κ3) is 3.45. The smallest absolute Gasteiger partial charge is 0.0131 e. The summed E-state index contributed by atoms with van der Waals surface area (Å²) in [6.45, 7) is 11.7. The van der Waals surface area contributed by atoms with Crippen LogP contribution in [-0.4, -0.2) is 24.0 Å². The van der Waals surface area contributed by atoms with Crippen LogP contribution in [0.2, 0.25) is 0 Å². The highest BCUT2D eigenvalue weighted by atomic mass is 15.2. The molecule has 1 atom stereocenters. The van der Waals surface area contributed by atoms with Crippen LogP contribution in [0.25, 0.3) is 0 Å². The highest BCUT2D eigenvalue weighted by Crippen LogP contribution is 2.24. The van der Waals surface area contributed by atoms with Gasteiger partial charge in [-0.2, -0.15) is 0 Å². The van der Waals surface area contributed by atoms with Gasteiger partial charge in [0, 0.05) is 12.6 Å². The van der Waals surface area contributed by atoms with E-state index in [1.807, 2.05) is 0 Å². The molecule has 0 bridgehead atoms. The van der Waals surface area contributed by atoms with E-state index in [-0.39, 0.29) is 0 Å². The van der Waals surface area contributed by atoms with Gasteiger partial charge in [-0.05, 0) is 31.2 Å². The summed E-state index contributed by atoms with van der Waals surface area (Å²) in [6, 6.07) is 0.863. The van der Waals surface area contributed by atoms with Crippen molar-refractivity contribution in [3.63, 3.8) is 0 Å². The summed E-state index contributed by atoms with van der Waals surface area (Å²) >= 11 is 0. The first kappa shape index (κ1) is 11.8. The molecule has 0 aromatic carbocycles. The van der Waals surface area contributed by atoms with E-state index in [4.69, 9.17) is 0 Å². The zero-order valence-electron chi connectivity index (χ0n) is 10.2. The van der Waals surface area contributed by atoms with Crippen molar-refractivity contribution in [1.82, 2.24) is 4.90 Å². The quantitative estimate of drug-likeness (QED) is 0.608. The largest absolute Gasteiger partial charge is 0.300 e. The van der Waals surface area contributed by atoms with Gasteiger partial charge in [0.15, 0.2) is 0 Å². The molecule has 1 aliphatic rings. The lowest BCUT2D eigenvalue weighted by molar-refractivity contribution is 0.0583. The van der Waals surface area contributed by atoms with E-state index in [0.29, 0.717) is 5.92 Å². The Morgan fingerprint density at radius 1 is 1.29 bits per heavy atom. The molecule has 0 saturated carbocycles. The van der Waals surface area contributed by atoms with Crippen molar-refractivity contribution in [3.8, 4) is 0 Å². The van der Waals surface area contributed by atoms with E-state index in [2.05, 4.69) is 44.7 Å². The fourth-order valence-corrected chi connectivity index (χ4v) is 2.10. The lowest BCUT2D eigenvalue weighted by Crippen LogP contribution is -2.50. The molecule has 1 fully saturated rings. The average Bonchev–Trinajstić information content (AvgIpc) is 1.99. The van der Waals surface area contributed by atoms with Crippen molar-refractivity contribution in [2.45, 2.75) is 46.6 Å². The van der Waals surface area contributed by atoms with Crippen LogP contribution in [0.4, 0.5) is 0 Å². The number of hydrogen-bond acceptors (Lipinski definition) is 1. The third-order valence-electron chi connectivity index (χ3n) is 3.05. The summed E-state index contributed by atoms with van der Waals surface area (Å²) < 4.78 is 0. The molecule has 1 nitrogen and oxygen atoms in total. The summed E-state index contributed by atoms with van der Waals surface area (Å²) in [5.74, 6) is 1.53. The topological polar surface area (TPSA) is 3.24 Å². The monoisotopic (exact) mass is 195 g/mol. The Kier molecular flexibility index (Phi) is 4.67. The maximum Gasteiger partial charge on any atom is 0.0131 e. The van der Waals surface area contributed by atoms with Crippen LogP contribution in [0.3, 0.4) is 0 Å². The van der Waals surface area contributed by atoms with E-state index in [0.717, 1.165) is 12.0 Å². The van der Waals surface area contributed by atoms with Crippen LogP contribution in [0.1, 0.15) is 40.5 Å². The molecule has 1 heteroatoms. The minimum atomic E-state index is 0.701. The van der Waals surface area contributed by atoms with Crippen LogP contribution in [0, 0.1) is 11.8 Å².